The molecule has 0 fully saturated rings. The minimum atomic E-state index is -1.46. The summed E-state index contributed by atoms with van der Waals surface area (Å²) in [5, 5.41) is 29.4. The van der Waals surface area contributed by atoms with Crippen molar-refractivity contribution in [2.75, 3.05) is 0 Å². The number of hydrogen-bond donors (Lipinski definition) is 2. The van der Waals surface area contributed by atoms with Crippen LogP contribution in [0, 0.1) is 11.3 Å². The fourth-order valence-corrected chi connectivity index (χ4v) is 2.48. The smallest absolute Gasteiger partial charge is 0.423 e. The number of hydrogen-bond acceptors (Lipinski definition) is 3. The zero-order chi connectivity index (χ0) is 14.8. The molecule has 3 nitrogen and oxygen atoms in total. The highest BCUT2D eigenvalue weighted by Crippen LogP contribution is 2.30. The fraction of sp³-hybridized carbons (Fsp3) is 0. The molecule has 0 bridgehead atoms. The zero-order valence-corrected chi connectivity index (χ0v) is 11.2. The Balaban J connectivity index is 2.19. The Labute approximate surface area is 122 Å². The first kappa shape index (κ1) is 13.4. The van der Waals surface area contributed by atoms with Crippen LogP contribution in [-0.2, 0) is 0 Å². The predicted molar refractivity (Wildman–Crippen MR) is 83.9 cm³/mol. The van der Waals surface area contributed by atoms with E-state index in [0.29, 0.717) is 11.0 Å². The van der Waals surface area contributed by atoms with Crippen LogP contribution in [0.4, 0.5) is 0 Å². The zero-order valence-electron chi connectivity index (χ0n) is 11.2. The summed E-state index contributed by atoms with van der Waals surface area (Å²) in [7, 11) is -1.46. The molecule has 0 aliphatic carbocycles. The lowest BCUT2D eigenvalue weighted by atomic mass is 9.79. The van der Waals surface area contributed by atoms with Gasteiger partial charge in [0.25, 0.3) is 0 Å². The summed E-state index contributed by atoms with van der Waals surface area (Å²) < 4.78 is 0. The SMILES string of the molecule is N#Cc1ccc(-c2ccc(B(O)O)cc2)c2ccccc12. The summed E-state index contributed by atoms with van der Waals surface area (Å²) >= 11 is 0. The molecule has 2 N–H and O–H groups in total. The topological polar surface area (TPSA) is 64.2 Å². The van der Waals surface area contributed by atoms with Gasteiger partial charge < -0.3 is 10.0 Å². The largest absolute Gasteiger partial charge is 0.488 e. The molecule has 3 aromatic rings. The van der Waals surface area contributed by atoms with Gasteiger partial charge in [0, 0.05) is 5.39 Å². The van der Waals surface area contributed by atoms with Crippen LogP contribution < -0.4 is 5.46 Å². The molecular weight excluding hydrogens is 261 g/mol. The average Bonchev–Trinajstić information content (AvgIpc) is 2.54. The van der Waals surface area contributed by atoms with Gasteiger partial charge in [-0.2, -0.15) is 5.26 Å². The van der Waals surface area contributed by atoms with Crippen molar-refractivity contribution in [3.63, 3.8) is 0 Å². The average molecular weight is 273 g/mol. The van der Waals surface area contributed by atoms with Crippen LogP contribution in [0.5, 0.6) is 0 Å². The number of benzene rings is 3. The summed E-state index contributed by atoms with van der Waals surface area (Å²) in [6, 6.07) is 20.8. The van der Waals surface area contributed by atoms with E-state index in [4.69, 9.17) is 10.0 Å². The maximum atomic E-state index is 9.19. The minimum absolute atomic E-state index is 0.455. The standard InChI is InChI=1S/C17H12BNO2/c19-11-13-7-10-16(17-4-2-1-3-15(13)17)12-5-8-14(9-6-12)18(20)21/h1-10,20-21H. The van der Waals surface area contributed by atoms with Gasteiger partial charge in [0.2, 0.25) is 0 Å². The second-order valence-corrected chi connectivity index (χ2v) is 4.81. The summed E-state index contributed by atoms with van der Waals surface area (Å²) in [4.78, 5) is 0. The van der Waals surface area contributed by atoms with Gasteiger partial charge in [0.05, 0.1) is 11.6 Å². The maximum absolute atomic E-state index is 9.19. The molecule has 0 aliphatic rings. The lowest BCUT2D eigenvalue weighted by Crippen LogP contribution is -2.29. The van der Waals surface area contributed by atoms with Crippen LogP contribution in [-0.4, -0.2) is 17.2 Å². The van der Waals surface area contributed by atoms with Gasteiger partial charge in [-0.05, 0) is 28.0 Å². The molecule has 0 saturated heterocycles. The van der Waals surface area contributed by atoms with Gasteiger partial charge in [-0.1, -0.05) is 54.6 Å². The van der Waals surface area contributed by atoms with E-state index < -0.39 is 7.12 Å². The van der Waals surface area contributed by atoms with Crippen molar-refractivity contribution in [1.82, 2.24) is 0 Å². The first-order valence-corrected chi connectivity index (χ1v) is 6.59. The molecule has 0 amide bonds. The molecule has 100 valence electrons. The molecule has 21 heavy (non-hydrogen) atoms. The minimum Gasteiger partial charge on any atom is -0.423 e. The third kappa shape index (κ3) is 2.41. The predicted octanol–water partition coefficient (Wildman–Crippen LogP) is 2.06. The van der Waals surface area contributed by atoms with E-state index in [1.807, 2.05) is 48.5 Å². The Morgan fingerprint density at radius 2 is 1.48 bits per heavy atom. The summed E-state index contributed by atoms with van der Waals surface area (Å²) in [6.45, 7) is 0. The highest BCUT2D eigenvalue weighted by atomic mass is 16.4. The highest BCUT2D eigenvalue weighted by molar-refractivity contribution is 6.58. The maximum Gasteiger partial charge on any atom is 0.488 e. The van der Waals surface area contributed by atoms with Crippen LogP contribution in [0.3, 0.4) is 0 Å². The summed E-state index contributed by atoms with van der Waals surface area (Å²) in [5.74, 6) is 0. The van der Waals surface area contributed by atoms with E-state index >= 15 is 0 Å². The van der Waals surface area contributed by atoms with E-state index in [-0.39, 0.29) is 0 Å². The number of rotatable bonds is 2. The van der Waals surface area contributed by atoms with E-state index in [9.17, 15) is 5.26 Å². The Hall–Kier alpha value is -2.61. The molecular formula is C17H12BNO2. The Morgan fingerprint density at radius 3 is 2.10 bits per heavy atom. The van der Waals surface area contributed by atoms with Crippen LogP contribution in [0.25, 0.3) is 21.9 Å². The van der Waals surface area contributed by atoms with Crippen molar-refractivity contribution >= 4 is 23.4 Å². The normalized spacial score (nSPS) is 10.3. The lowest BCUT2D eigenvalue weighted by Gasteiger charge is -2.09. The van der Waals surface area contributed by atoms with Crippen molar-refractivity contribution < 1.29 is 10.0 Å². The van der Waals surface area contributed by atoms with Crippen molar-refractivity contribution in [3.05, 3.63) is 66.2 Å². The molecule has 0 spiro atoms. The van der Waals surface area contributed by atoms with Crippen LogP contribution in [0.15, 0.2) is 60.7 Å². The highest BCUT2D eigenvalue weighted by Gasteiger charge is 2.11. The quantitative estimate of drug-likeness (QED) is 0.702. The first-order valence-electron chi connectivity index (χ1n) is 6.59. The van der Waals surface area contributed by atoms with E-state index in [2.05, 4.69) is 6.07 Å². The molecule has 0 saturated carbocycles. The number of nitriles is 1. The molecule has 0 heterocycles. The van der Waals surface area contributed by atoms with Gasteiger partial charge >= 0.3 is 7.12 Å². The second-order valence-electron chi connectivity index (χ2n) is 4.81. The Morgan fingerprint density at radius 1 is 0.810 bits per heavy atom. The van der Waals surface area contributed by atoms with E-state index in [0.717, 1.165) is 21.9 Å². The molecule has 0 aliphatic heterocycles. The number of nitrogens with zero attached hydrogens (tertiary/aromatic N) is 1. The Bertz CT molecular complexity index is 836. The van der Waals surface area contributed by atoms with Crippen molar-refractivity contribution in [2.45, 2.75) is 0 Å². The first-order chi connectivity index (χ1) is 10.2. The Kier molecular flexibility index (Phi) is 3.45. The molecule has 3 rings (SSSR count). The third-order valence-electron chi connectivity index (χ3n) is 3.56. The molecule has 4 heteroatoms. The molecule has 3 aromatic carbocycles. The van der Waals surface area contributed by atoms with Gasteiger partial charge in [-0.3, -0.25) is 0 Å². The molecule has 0 aromatic heterocycles. The fourth-order valence-electron chi connectivity index (χ4n) is 2.48. The third-order valence-corrected chi connectivity index (χ3v) is 3.56. The van der Waals surface area contributed by atoms with Gasteiger partial charge in [-0.25, -0.2) is 0 Å². The molecule has 0 atom stereocenters. The molecule has 0 radical (unpaired) electrons. The van der Waals surface area contributed by atoms with Crippen LogP contribution in [0.2, 0.25) is 0 Å². The monoisotopic (exact) mass is 273 g/mol. The van der Waals surface area contributed by atoms with Crippen molar-refractivity contribution in [2.24, 2.45) is 0 Å². The summed E-state index contributed by atoms with van der Waals surface area (Å²) in [5.41, 5.74) is 3.09. The van der Waals surface area contributed by atoms with Gasteiger partial charge in [0.1, 0.15) is 0 Å². The van der Waals surface area contributed by atoms with E-state index in [1.54, 1.807) is 12.1 Å². The second kappa shape index (κ2) is 5.41. The molecule has 0 unspecified atom stereocenters. The summed E-state index contributed by atoms with van der Waals surface area (Å²) in [6.07, 6.45) is 0. The number of fused-ring (bicyclic) bond motifs is 1. The van der Waals surface area contributed by atoms with Crippen LogP contribution >= 0.6 is 0 Å². The van der Waals surface area contributed by atoms with Crippen molar-refractivity contribution in [1.29, 1.82) is 5.26 Å². The lowest BCUT2D eigenvalue weighted by molar-refractivity contribution is 0.426. The van der Waals surface area contributed by atoms with Gasteiger partial charge in [0.15, 0.2) is 0 Å². The van der Waals surface area contributed by atoms with E-state index in [1.165, 1.54) is 0 Å². The van der Waals surface area contributed by atoms with Gasteiger partial charge in [-0.15, -0.1) is 0 Å². The van der Waals surface area contributed by atoms with Crippen LogP contribution in [0.1, 0.15) is 5.56 Å². The van der Waals surface area contributed by atoms with Crippen molar-refractivity contribution in [3.8, 4) is 17.2 Å².